The van der Waals surface area contributed by atoms with Crippen molar-refractivity contribution in [3.63, 3.8) is 0 Å². The van der Waals surface area contributed by atoms with Gasteiger partial charge in [0, 0.05) is 5.04 Å². The van der Waals surface area contributed by atoms with Gasteiger partial charge in [0.1, 0.15) is 0 Å². The van der Waals surface area contributed by atoms with E-state index in [0.29, 0.717) is 5.92 Å². The third-order valence-electron chi connectivity index (χ3n) is 7.30. The van der Waals surface area contributed by atoms with E-state index in [-0.39, 0.29) is 15.5 Å². The summed E-state index contributed by atoms with van der Waals surface area (Å²) in [4.78, 5) is 0. The quantitative estimate of drug-likeness (QED) is 0.347. The Morgan fingerprint density at radius 3 is 1.81 bits per heavy atom. The van der Waals surface area contributed by atoms with Gasteiger partial charge < -0.3 is 0 Å². The molecule has 2 heteroatoms. The monoisotopic (exact) mass is 402 g/mol. The number of allylic oxidation sites excluding steroid dienone is 4. The number of halogens is 1. The Bertz CT molecular complexity index is 773. The van der Waals surface area contributed by atoms with Crippen LogP contribution in [-0.2, 0) is 0 Å². The van der Waals surface area contributed by atoms with Crippen LogP contribution in [0, 0.1) is 11.3 Å². The molecule has 0 saturated carbocycles. The molecule has 3 unspecified atom stereocenters. The first-order valence-corrected chi connectivity index (χ1v) is 13.3. The highest BCUT2D eigenvalue weighted by Crippen LogP contribution is 2.66. The number of hydrogen-bond donors (Lipinski definition) is 0. The third-order valence-corrected chi connectivity index (χ3v) is 16.3. The van der Waals surface area contributed by atoms with Gasteiger partial charge in [-0.05, 0) is 53.5 Å². The molecule has 3 atom stereocenters. The molecule has 1 aromatic rings. The standard InChI is InChI=1S/C25H39ClSi/c1-17-19(3)25(11,20(4)18(2)22(17)23(5,6)7)27(26,24(8,9)10)21-15-13-12-14-16-21/h12-16,19H,1-11H3. The van der Waals surface area contributed by atoms with Crippen molar-refractivity contribution in [2.75, 3.05) is 0 Å². The predicted molar refractivity (Wildman–Crippen MR) is 125 cm³/mol. The smallest absolute Gasteiger partial charge is 0.159 e. The predicted octanol–water partition coefficient (Wildman–Crippen LogP) is 7.99. The van der Waals surface area contributed by atoms with Gasteiger partial charge in [0.05, 0.1) is 0 Å². The van der Waals surface area contributed by atoms with Crippen molar-refractivity contribution in [2.24, 2.45) is 11.3 Å². The van der Waals surface area contributed by atoms with Gasteiger partial charge in [-0.25, -0.2) is 0 Å². The molecule has 27 heavy (non-hydrogen) atoms. The Hall–Kier alpha value is -0.793. The Morgan fingerprint density at radius 1 is 0.926 bits per heavy atom. The Labute approximate surface area is 173 Å². The van der Waals surface area contributed by atoms with Crippen molar-refractivity contribution in [1.82, 2.24) is 0 Å². The highest BCUT2D eigenvalue weighted by molar-refractivity contribution is 7.30. The molecule has 0 N–H and O–H groups in total. The summed E-state index contributed by atoms with van der Waals surface area (Å²) in [5.74, 6) is 0.416. The van der Waals surface area contributed by atoms with Crippen LogP contribution >= 0.6 is 11.1 Å². The third kappa shape index (κ3) is 3.19. The van der Waals surface area contributed by atoms with Gasteiger partial charge in [-0.2, -0.15) is 11.1 Å². The van der Waals surface area contributed by atoms with Crippen molar-refractivity contribution < 1.29 is 0 Å². The zero-order valence-corrected chi connectivity index (χ0v) is 21.1. The number of rotatable bonds is 2. The maximum absolute atomic E-state index is 7.93. The summed E-state index contributed by atoms with van der Waals surface area (Å²) in [6.07, 6.45) is 0. The molecule has 0 nitrogen and oxygen atoms in total. The molecule has 0 aliphatic heterocycles. The van der Waals surface area contributed by atoms with E-state index in [1.165, 1.54) is 27.5 Å². The Morgan fingerprint density at radius 2 is 1.41 bits per heavy atom. The van der Waals surface area contributed by atoms with E-state index in [2.05, 4.69) is 106 Å². The van der Waals surface area contributed by atoms with Gasteiger partial charge in [-0.15, -0.1) is 0 Å². The van der Waals surface area contributed by atoms with E-state index < -0.39 is 7.38 Å². The van der Waals surface area contributed by atoms with Crippen molar-refractivity contribution in [2.45, 2.75) is 86.2 Å². The molecule has 1 aromatic carbocycles. The molecule has 1 aliphatic rings. The lowest BCUT2D eigenvalue weighted by molar-refractivity contribution is 0.432. The van der Waals surface area contributed by atoms with Crippen LogP contribution in [0.1, 0.15) is 76.2 Å². The molecule has 150 valence electrons. The highest BCUT2D eigenvalue weighted by Gasteiger charge is 2.62. The molecule has 0 bridgehead atoms. The fraction of sp³-hybridized carbons (Fsp3) is 0.600. The fourth-order valence-corrected chi connectivity index (χ4v) is 12.2. The molecule has 1 aliphatic carbocycles. The average Bonchev–Trinajstić information content (AvgIpc) is 2.56. The van der Waals surface area contributed by atoms with Crippen LogP contribution < -0.4 is 5.19 Å². The molecule has 0 heterocycles. The van der Waals surface area contributed by atoms with E-state index in [4.69, 9.17) is 11.1 Å². The second kappa shape index (κ2) is 6.92. The maximum Gasteiger partial charge on any atom is 0.202 e. The minimum Gasteiger partial charge on any atom is -0.159 e. The lowest BCUT2D eigenvalue weighted by atomic mass is 9.67. The van der Waals surface area contributed by atoms with Crippen LogP contribution in [0.4, 0.5) is 0 Å². The first-order valence-electron chi connectivity index (χ1n) is 10.3. The molecule has 0 fully saturated rings. The van der Waals surface area contributed by atoms with E-state index >= 15 is 0 Å². The molecule has 0 radical (unpaired) electrons. The fourth-order valence-electron chi connectivity index (χ4n) is 5.74. The van der Waals surface area contributed by atoms with Gasteiger partial charge >= 0.3 is 0 Å². The van der Waals surface area contributed by atoms with Crippen LogP contribution in [0.2, 0.25) is 10.1 Å². The highest BCUT2D eigenvalue weighted by atomic mass is 35.6. The summed E-state index contributed by atoms with van der Waals surface area (Å²) < 4.78 is 0. The minimum atomic E-state index is -2.47. The SMILES string of the molecule is CC1=C(C)C(C)([Si](Cl)(c2ccccc2)C(C)(C)C)C(C)C(C)=C1C(C)(C)C. The summed E-state index contributed by atoms with van der Waals surface area (Å²) in [5, 5.41) is 1.34. The van der Waals surface area contributed by atoms with Crippen LogP contribution in [0.3, 0.4) is 0 Å². The largest absolute Gasteiger partial charge is 0.202 e. The van der Waals surface area contributed by atoms with Crippen molar-refractivity contribution >= 4 is 23.6 Å². The summed E-state index contributed by atoms with van der Waals surface area (Å²) in [7, 11) is -2.47. The normalized spacial score (nSPS) is 27.0. The molecule has 0 saturated heterocycles. The molecular weight excluding hydrogens is 364 g/mol. The zero-order valence-electron chi connectivity index (χ0n) is 19.3. The Kier molecular flexibility index (Phi) is 5.76. The maximum atomic E-state index is 7.93. The minimum absolute atomic E-state index is 0.0278. The van der Waals surface area contributed by atoms with Crippen LogP contribution in [0.5, 0.6) is 0 Å². The lowest BCUT2D eigenvalue weighted by Crippen LogP contribution is -2.61. The Balaban J connectivity index is 2.88. The van der Waals surface area contributed by atoms with Gasteiger partial charge in [-0.3, -0.25) is 0 Å². The van der Waals surface area contributed by atoms with Crippen LogP contribution in [0.15, 0.2) is 52.6 Å². The number of benzene rings is 1. The van der Waals surface area contributed by atoms with Crippen molar-refractivity contribution in [3.8, 4) is 0 Å². The molecular formula is C25H39ClSi. The molecule has 0 aromatic heterocycles. The second-order valence-electron chi connectivity index (χ2n) is 10.8. The van der Waals surface area contributed by atoms with E-state index in [0.717, 1.165) is 0 Å². The average molecular weight is 403 g/mol. The van der Waals surface area contributed by atoms with E-state index in [1.807, 2.05) is 0 Å². The van der Waals surface area contributed by atoms with Gasteiger partial charge in [0.25, 0.3) is 0 Å². The lowest BCUT2D eigenvalue weighted by Gasteiger charge is -2.57. The second-order valence-corrected chi connectivity index (χ2v) is 16.9. The summed E-state index contributed by atoms with van der Waals surface area (Å²) in [6.45, 7) is 25.9. The van der Waals surface area contributed by atoms with Crippen LogP contribution in [-0.4, -0.2) is 7.38 Å². The van der Waals surface area contributed by atoms with Gasteiger partial charge in [0.2, 0.25) is 7.38 Å². The molecule has 0 amide bonds. The summed E-state index contributed by atoms with van der Waals surface area (Å²) in [6, 6.07) is 10.9. The first kappa shape index (κ1) is 22.5. The van der Waals surface area contributed by atoms with Gasteiger partial charge in [0.15, 0.2) is 0 Å². The van der Waals surface area contributed by atoms with Crippen molar-refractivity contribution in [1.29, 1.82) is 0 Å². The molecule has 2 rings (SSSR count). The van der Waals surface area contributed by atoms with Gasteiger partial charge in [-0.1, -0.05) is 96.9 Å². The zero-order chi connectivity index (χ0) is 21.0. The molecule has 0 spiro atoms. The van der Waals surface area contributed by atoms with Crippen molar-refractivity contribution in [3.05, 3.63) is 52.6 Å². The van der Waals surface area contributed by atoms with Crippen LogP contribution in [0.25, 0.3) is 0 Å². The summed E-state index contributed by atoms with van der Waals surface area (Å²) in [5.41, 5.74) is 6.14. The van der Waals surface area contributed by atoms with E-state index in [1.54, 1.807) is 0 Å². The van der Waals surface area contributed by atoms with E-state index in [9.17, 15) is 0 Å². The summed E-state index contributed by atoms with van der Waals surface area (Å²) >= 11 is 7.93. The topological polar surface area (TPSA) is 0 Å². The number of hydrogen-bond acceptors (Lipinski definition) is 0. The first-order chi connectivity index (χ1) is 12.1.